The topological polar surface area (TPSA) is 77.3 Å². The lowest BCUT2D eigenvalue weighted by atomic mass is 10.2. The monoisotopic (exact) mass is 237 g/mol. The summed E-state index contributed by atoms with van der Waals surface area (Å²) in [7, 11) is 0. The van der Waals surface area contributed by atoms with Crippen LogP contribution in [0.5, 0.6) is 5.88 Å². The molecule has 0 aromatic carbocycles. The predicted molar refractivity (Wildman–Crippen MR) is 62.1 cm³/mol. The van der Waals surface area contributed by atoms with Crippen molar-refractivity contribution in [2.75, 3.05) is 13.2 Å². The molecule has 2 rings (SSSR count). The maximum atomic E-state index is 10.8. The summed E-state index contributed by atoms with van der Waals surface area (Å²) in [5.41, 5.74) is 0.686. The van der Waals surface area contributed by atoms with Crippen molar-refractivity contribution in [3.05, 3.63) is 27.9 Å². The third-order valence-electron chi connectivity index (χ3n) is 2.75. The van der Waals surface area contributed by atoms with Gasteiger partial charge in [-0.25, -0.2) is 4.98 Å². The van der Waals surface area contributed by atoms with E-state index in [1.807, 2.05) is 0 Å². The van der Waals surface area contributed by atoms with Crippen molar-refractivity contribution in [3.63, 3.8) is 0 Å². The average Bonchev–Trinajstić information content (AvgIpc) is 2.80. The number of nitro groups is 1. The van der Waals surface area contributed by atoms with Gasteiger partial charge in [0.25, 0.3) is 5.88 Å². The molecule has 0 amide bonds. The van der Waals surface area contributed by atoms with Gasteiger partial charge in [0.05, 0.1) is 4.92 Å². The predicted octanol–water partition coefficient (Wildman–Crippen LogP) is 1.43. The van der Waals surface area contributed by atoms with Gasteiger partial charge in [0.2, 0.25) is 0 Å². The Labute approximate surface area is 99.2 Å². The van der Waals surface area contributed by atoms with Gasteiger partial charge in [0.15, 0.2) is 0 Å². The Morgan fingerprint density at radius 3 is 3.18 bits per heavy atom. The largest absolute Gasteiger partial charge is 0.471 e. The molecule has 1 aromatic heterocycles. The van der Waals surface area contributed by atoms with E-state index in [9.17, 15) is 10.1 Å². The summed E-state index contributed by atoms with van der Waals surface area (Å²) >= 11 is 0. The van der Waals surface area contributed by atoms with Gasteiger partial charge >= 0.3 is 5.69 Å². The number of rotatable bonds is 4. The molecule has 1 aliphatic rings. The fourth-order valence-corrected chi connectivity index (χ4v) is 1.86. The number of nitrogens with zero attached hydrogens (tertiary/aromatic N) is 2. The Bertz CT molecular complexity index is 416. The Hall–Kier alpha value is -1.69. The Balaban J connectivity index is 2.06. The van der Waals surface area contributed by atoms with Crippen LogP contribution in [0.25, 0.3) is 0 Å². The smallest absolute Gasteiger partial charge is 0.331 e. The fourth-order valence-electron chi connectivity index (χ4n) is 1.86. The highest BCUT2D eigenvalue weighted by Crippen LogP contribution is 2.25. The molecule has 1 aromatic rings. The van der Waals surface area contributed by atoms with Gasteiger partial charge in [0, 0.05) is 18.3 Å². The van der Waals surface area contributed by atoms with Crippen LogP contribution < -0.4 is 10.1 Å². The van der Waals surface area contributed by atoms with Crippen molar-refractivity contribution < 1.29 is 9.66 Å². The Kier molecular flexibility index (Phi) is 3.53. The van der Waals surface area contributed by atoms with Crippen LogP contribution in [0, 0.1) is 17.0 Å². The molecule has 0 aliphatic carbocycles. The number of hydrogen-bond donors (Lipinski definition) is 1. The number of nitrogens with one attached hydrogen (secondary N) is 1. The molecule has 6 heteroatoms. The Morgan fingerprint density at radius 1 is 1.71 bits per heavy atom. The fraction of sp³-hybridized carbons (Fsp3) is 0.545. The van der Waals surface area contributed by atoms with E-state index < -0.39 is 4.92 Å². The molecule has 1 unspecified atom stereocenters. The number of hydrogen-bond acceptors (Lipinski definition) is 5. The van der Waals surface area contributed by atoms with E-state index in [-0.39, 0.29) is 17.6 Å². The van der Waals surface area contributed by atoms with Gasteiger partial charge < -0.3 is 10.1 Å². The zero-order valence-corrected chi connectivity index (χ0v) is 9.68. The SMILES string of the molecule is Cc1cnc(OCC2CCCN2)c([N+](=O)[O-])c1. The van der Waals surface area contributed by atoms with Crippen molar-refractivity contribution in [1.82, 2.24) is 10.3 Å². The standard InChI is InChI=1S/C11H15N3O3/c1-8-5-10(14(15)16)11(13-6-8)17-7-9-3-2-4-12-9/h5-6,9,12H,2-4,7H2,1H3. The second-order valence-corrected chi connectivity index (χ2v) is 4.20. The molecule has 0 radical (unpaired) electrons. The van der Waals surface area contributed by atoms with Crippen LogP contribution in [-0.4, -0.2) is 29.1 Å². The van der Waals surface area contributed by atoms with E-state index in [0.717, 1.165) is 24.9 Å². The molecular formula is C11H15N3O3. The van der Waals surface area contributed by atoms with Crippen LogP contribution in [-0.2, 0) is 0 Å². The molecule has 6 nitrogen and oxygen atoms in total. The first-order valence-electron chi connectivity index (χ1n) is 5.64. The molecule has 0 bridgehead atoms. The minimum absolute atomic E-state index is 0.0667. The molecule has 1 atom stereocenters. The van der Waals surface area contributed by atoms with Crippen molar-refractivity contribution in [3.8, 4) is 5.88 Å². The van der Waals surface area contributed by atoms with Crippen LogP contribution in [0.15, 0.2) is 12.3 Å². The minimum Gasteiger partial charge on any atom is -0.471 e. The molecule has 1 N–H and O–H groups in total. The summed E-state index contributed by atoms with van der Waals surface area (Å²) in [6.45, 7) is 3.18. The number of aryl methyl sites for hydroxylation is 1. The first-order valence-corrected chi connectivity index (χ1v) is 5.64. The molecule has 0 spiro atoms. The molecule has 1 saturated heterocycles. The molecular weight excluding hydrogens is 222 g/mol. The molecule has 0 saturated carbocycles. The van der Waals surface area contributed by atoms with E-state index in [2.05, 4.69) is 10.3 Å². The van der Waals surface area contributed by atoms with Crippen molar-refractivity contribution in [1.29, 1.82) is 0 Å². The van der Waals surface area contributed by atoms with Gasteiger partial charge in [0.1, 0.15) is 6.61 Å². The van der Waals surface area contributed by atoms with E-state index in [0.29, 0.717) is 6.61 Å². The van der Waals surface area contributed by atoms with Crippen molar-refractivity contribution >= 4 is 5.69 Å². The van der Waals surface area contributed by atoms with Crippen molar-refractivity contribution in [2.24, 2.45) is 0 Å². The van der Waals surface area contributed by atoms with E-state index >= 15 is 0 Å². The van der Waals surface area contributed by atoms with Crippen molar-refractivity contribution in [2.45, 2.75) is 25.8 Å². The number of pyridine rings is 1. The number of ether oxygens (including phenoxy) is 1. The third-order valence-corrected chi connectivity index (χ3v) is 2.75. The van der Waals surface area contributed by atoms with Crippen LogP contribution in [0.3, 0.4) is 0 Å². The van der Waals surface area contributed by atoms with Crippen LogP contribution >= 0.6 is 0 Å². The normalized spacial score (nSPS) is 19.2. The quantitative estimate of drug-likeness (QED) is 0.633. The number of aromatic nitrogens is 1. The molecule has 1 fully saturated rings. The van der Waals surface area contributed by atoms with Gasteiger partial charge in [-0.3, -0.25) is 10.1 Å². The molecule has 17 heavy (non-hydrogen) atoms. The zero-order chi connectivity index (χ0) is 12.3. The van der Waals surface area contributed by atoms with E-state index in [1.54, 1.807) is 13.1 Å². The van der Waals surface area contributed by atoms with E-state index in [1.165, 1.54) is 6.07 Å². The summed E-state index contributed by atoms with van der Waals surface area (Å²) in [4.78, 5) is 14.3. The third kappa shape index (κ3) is 2.91. The summed E-state index contributed by atoms with van der Waals surface area (Å²) in [5, 5.41) is 14.1. The maximum Gasteiger partial charge on any atom is 0.331 e. The lowest BCUT2D eigenvalue weighted by Gasteiger charge is -2.11. The van der Waals surface area contributed by atoms with E-state index in [4.69, 9.17) is 4.74 Å². The highest BCUT2D eigenvalue weighted by Gasteiger charge is 2.20. The first kappa shape index (κ1) is 11.8. The summed E-state index contributed by atoms with van der Waals surface area (Å²) in [6.07, 6.45) is 3.74. The zero-order valence-electron chi connectivity index (χ0n) is 9.68. The second-order valence-electron chi connectivity index (χ2n) is 4.20. The first-order chi connectivity index (χ1) is 8.16. The average molecular weight is 237 g/mol. The lowest BCUT2D eigenvalue weighted by Crippen LogP contribution is -2.28. The van der Waals surface area contributed by atoms with Gasteiger partial charge in [-0.05, 0) is 31.9 Å². The van der Waals surface area contributed by atoms with Crippen LogP contribution in [0.4, 0.5) is 5.69 Å². The van der Waals surface area contributed by atoms with Gasteiger partial charge in [-0.1, -0.05) is 0 Å². The second kappa shape index (κ2) is 5.09. The van der Waals surface area contributed by atoms with Gasteiger partial charge in [-0.2, -0.15) is 0 Å². The van der Waals surface area contributed by atoms with Crippen LogP contribution in [0.2, 0.25) is 0 Å². The summed E-state index contributed by atoms with van der Waals surface area (Å²) in [6, 6.07) is 1.75. The molecule has 92 valence electrons. The maximum absolute atomic E-state index is 10.8. The van der Waals surface area contributed by atoms with Crippen LogP contribution in [0.1, 0.15) is 18.4 Å². The highest BCUT2D eigenvalue weighted by molar-refractivity contribution is 5.42. The minimum atomic E-state index is -0.461. The van der Waals surface area contributed by atoms with Gasteiger partial charge in [-0.15, -0.1) is 0 Å². The summed E-state index contributed by atoms with van der Waals surface area (Å²) < 4.78 is 5.42. The highest BCUT2D eigenvalue weighted by atomic mass is 16.6. The lowest BCUT2D eigenvalue weighted by molar-refractivity contribution is -0.386. The summed E-state index contributed by atoms with van der Waals surface area (Å²) in [5.74, 6) is 0.106. The molecule has 1 aliphatic heterocycles. The molecule has 2 heterocycles. The Morgan fingerprint density at radius 2 is 2.53 bits per heavy atom.